The molecule has 0 aromatic heterocycles. The molecule has 0 amide bonds. The molecule has 0 N–H and O–H groups in total. The molecule has 0 atom stereocenters. The summed E-state index contributed by atoms with van der Waals surface area (Å²) in [5.41, 5.74) is 1.45. The van der Waals surface area contributed by atoms with E-state index in [2.05, 4.69) is 6.92 Å². The molecular formula is C31H41F3O3. The fraction of sp³-hybridized carbons (Fsp3) is 0.613. The Bertz CT molecular complexity index is 995. The van der Waals surface area contributed by atoms with Crippen molar-refractivity contribution in [3.05, 3.63) is 64.5 Å². The average Bonchev–Trinajstić information content (AvgIpc) is 2.91. The lowest BCUT2D eigenvalue weighted by Crippen LogP contribution is -2.22. The Morgan fingerprint density at radius 3 is 1.97 bits per heavy atom. The zero-order chi connectivity index (χ0) is 26.2. The molecule has 2 aliphatic carbocycles. The number of benzene rings is 2. The van der Waals surface area contributed by atoms with Crippen LogP contribution < -0.4 is 4.74 Å². The maximum absolute atomic E-state index is 15.0. The van der Waals surface area contributed by atoms with Gasteiger partial charge in [-0.2, -0.15) is 0 Å². The summed E-state index contributed by atoms with van der Waals surface area (Å²) in [5, 5.41) is 0. The molecule has 3 nitrogen and oxygen atoms in total. The molecule has 0 unspecified atom stereocenters. The van der Waals surface area contributed by atoms with Gasteiger partial charge in [0.25, 0.3) is 0 Å². The van der Waals surface area contributed by atoms with E-state index in [-0.39, 0.29) is 42.0 Å². The van der Waals surface area contributed by atoms with Crippen LogP contribution in [-0.2, 0) is 16.1 Å². The van der Waals surface area contributed by atoms with Crippen LogP contribution in [0.1, 0.15) is 107 Å². The number of halogens is 3. The van der Waals surface area contributed by atoms with Crippen molar-refractivity contribution in [2.24, 2.45) is 0 Å². The molecule has 2 fully saturated rings. The molecule has 0 radical (unpaired) electrons. The van der Waals surface area contributed by atoms with Crippen molar-refractivity contribution < 1.29 is 27.4 Å². The van der Waals surface area contributed by atoms with Crippen LogP contribution in [0.2, 0.25) is 0 Å². The van der Waals surface area contributed by atoms with Crippen LogP contribution >= 0.6 is 0 Å². The molecule has 0 spiro atoms. The molecule has 0 aliphatic heterocycles. The molecule has 37 heavy (non-hydrogen) atoms. The summed E-state index contributed by atoms with van der Waals surface area (Å²) in [6, 6.07) is 8.51. The first-order chi connectivity index (χ1) is 18.0. The summed E-state index contributed by atoms with van der Waals surface area (Å²) in [7, 11) is 0. The number of unbranched alkanes of at least 4 members (excludes halogenated alkanes) is 1. The quantitative estimate of drug-likeness (QED) is 0.279. The first-order valence-electron chi connectivity index (χ1n) is 14.1. The van der Waals surface area contributed by atoms with Crippen molar-refractivity contribution in [3.8, 4) is 5.75 Å². The minimum absolute atomic E-state index is 0.0351. The van der Waals surface area contributed by atoms with Crippen molar-refractivity contribution >= 4 is 0 Å². The predicted octanol–water partition coefficient (Wildman–Crippen LogP) is 8.59. The van der Waals surface area contributed by atoms with E-state index in [9.17, 15) is 8.78 Å². The third kappa shape index (κ3) is 7.29. The summed E-state index contributed by atoms with van der Waals surface area (Å²) in [6.45, 7) is 5.35. The summed E-state index contributed by atoms with van der Waals surface area (Å²) >= 11 is 0. The van der Waals surface area contributed by atoms with Gasteiger partial charge in [0.1, 0.15) is 11.6 Å². The molecule has 0 heterocycles. The van der Waals surface area contributed by atoms with E-state index in [0.717, 1.165) is 70.8 Å². The van der Waals surface area contributed by atoms with Crippen molar-refractivity contribution in [2.45, 2.75) is 109 Å². The summed E-state index contributed by atoms with van der Waals surface area (Å²) in [6.07, 6.45) is 8.94. The van der Waals surface area contributed by atoms with Crippen LogP contribution in [0.5, 0.6) is 5.75 Å². The number of ether oxygens (including phenoxy) is 3. The molecule has 204 valence electrons. The zero-order valence-corrected chi connectivity index (χ0v) is 22.2. The van der Waals surface area contributed by atoms with Crippen LogP contribution in [0.4, 0.5) is 13.2 Å². The normalized spacial score (nSPS) is 24.2. The van der Waals surface area contributed by atoms with Gasteiger partial charge in [-0.3, -0.25) is 0 Å². The molecular weight excluding hydrogens is 477 g/mol. The van der Waals surface area contributed by atoms with Gasteiger partial charge < -0.3 is 14.2 Å². The highest BCUT2D eigenvalue weighted by molar-refractivity contribution is 5.32. The molecule has 0 saturated heterocycles. The second-order valence-corrected chi connectivity index (χ2v) is 10.5. The average molecular weight is 519 g/mol. The lowest BCUT2D eigenvalue weighted by molar-refractivity contribution is 0.0116. The SMILES string of the molecule is CCCCOC1CCC(c2ccc(COC3CCC(c4ccc(OCC)cc4F)CC3)c(F)c2F)CC1. The van der Waals surface area contributed by atoms with Crippen molar-refractivity contribution in [3.63, 3.8) is 0 Å². The minimum atomic E-state index is -0.788. The fourth-order valence-electron chi connectivity index (χ4n) is 5.81. The van der Waals surface area contributed by atoms with Crippen molar-refractivity contribution in [1.82, 2.24) is 0 Å². The van der Waals surface area contributed by atoms with Gasteiger partial charge in [0.15, 0.2) is 11.6 Å². The van der Waals surface area contributed by atoms with Gasteiger partial charge >= 0.3 is 0 Å². The van der Waals surface area contributed by atoms with Gasteiger partial charge in [0.05, 0.1) is 25.4 Å². The smallest absolute Gasteiger partial charge is 0.164 e. The Kier molecular flexibility index (Phi) is 10.3. The Balaban J connectivity index is 1.26. The van der Waals surface area contributed by atoms with E-state index in [0.29, 0.717) is 23.5 Å². The van der Waals surface area contributed by atoms with E-state index in [4.69, 9.17) is 14.2 Å². The molecule has 2 aromatic rings. The third-order valence-electron chi connectivity index (χ3n) is 8.03. The molecule has 0 bridgehead atoms. The molecule has 6 heteroatoms. The van der Waals surface area contributed by atoms with Crippen molar-refractivity contribution in [1.29, 1.82) is 0 Å². The maximum atomic E-state index is 15.0. The molecule has 2 aliphatic rings. The zero-order valence-electron chi connectivity index (χ0n) is 22.2. The van der Waals surface area contributed by atoms with E-state index < -0.39 is 11.6 Å². The van der Waals surface area contributed by atoms with Crippen LogP contribution in [0.15, 0.2) is 30.3 Å². The summed E-state index contributed by atoms with van der Waals surface area (Å²) in [4.78, 5) is 0. The van der Waals surface area contributed by atoms with E-state index >= 15 is 4.39 Å². The maximum Gasteiger partial charge on any atom is 0.164 e. The van der Waals surface area contributed by atoms with Gasteiger partial charge in [-0.25, -0.2) is 13.2 Å². The van der Waals surface area contributed by atoms with E-state index in [1.165, 1.54) is 6.07 Å². The van der Waals surface area contributed by atoms with Crippen LogP contribution in [0.3, 0.4) is 0 Å². The Hall–Kier alpha value is -2.05. The Morgan fingerprint density at radius 2 is 1.35 bits per heavy atom. The standard InChI is InChI=1S/C31H41F3O3/c1-3-5-18-36-24-11-8-22(9-12-24)28-16-10-23(30(33)31(28)34)20-37-25-13-6-21(7-14-25)27-17-15-26(35-4-2)19-29(27)32/h10,15-17,19,21-22,24-25H,3-9,11-14,18,20H2,1-2H3. The van der Waals surface area contributed by atoms with Gasteiger partial charge in [-0.05, 0) is 93.7 Å². The minimum Gasteiger partial charge on any atom is -0.494 e. The highest BCUT2D eigenvalue weighted by atomic mass is 19.2. The van der Waals surface area contributed by atoms with Gasteiger partial charge in [-0.15, -0.1) is 0 Å². The first kappa shape index (κ1) is 28.0. The van der Waals surface area contributed by atoms with Gasteiger partial charge in [0.2, 0.25) is 0 Å². The molecule has 2 aromatic carbocycles. The van der Waals surface area contributed by atoms with Crippen molar-refractivity contribution in [2.75, 3.05) is 13.2 Å². The summed E-state index contributed by atoms with van der Waals surface area (Å²) < 4.78 is 61.8. The van der Waals surface area contributed by atoms with E-state index in [1.54, 1.807) is 12.1 Å². The Labute approximate surface area is 219 Å². The lowest BCUT2D eigenvalue weighted by Gasteiger charge is -2.30. The van der Waals surface area contributed by atoms with E-state index in [1.807, 2.05) is 19.1 Å². The first-order valence-corrected chi connectivity index (χ1v) is 14.1. The Morgan fingerprint density at radius 1 is 0.730 bits per heavy atom. The monoisotopic (exact) mass is 518 g/mol. The van der Waals surface area contributed by atoms with Gasteiger partial charge in [-0.1, -0.05) is 31.5 Å². The van der Waals surface area contributed by atoms with Crippen LogP contribution in [-0.4, -0.2) is 25.4 Å². The third-order valence-corrected chi connectivity index (χ3v) is 8.03. The predicted molar refractivity (Wildman–Crippen MR) is 140 cm³/mol. The summed E-state index contributed by atoms with van der Waals surface area (Å²) in [5.74, 6) is -1.03. The molecule has 4 rings (SSSR count). The highest BCUT2D eigenvalue weighted by Crippen LogP contribution is 2.38. The fourth-order valence-corrected chi connectivity index (χ4v) is 5.81. The largest absolute Gasteiger partial charge is 0.494 e. The molecule has 2 saturated carbocycles. The highest BCUT2D eigenvalue weighted by Gasteiger charge is 2.28. The second-order valence-electron chi connectivity index (χ2n) is 10.5. The van der Waals surface area contributed by atoms with Crippen LogP contribution in [0.25, 0.3) is 0 Å². The number of hydrogen-bond acceptors (Lipinski definition) is 3. The number of hydrogen-bond donors (Lipinski definition) is 0. The van der Waals surface area contributed by atoms with Gasteiger partial charge in [0, 0.05) is 18.2 Å². The van der Waals surface area contributed by atoms with Crippen LogP contribution in [0, 0.1) is 17.5 Å². The topological polar surface area (TPSA) is 27.7 Å². The number of rotatable bonds is 11. The lowest BCUT2D eigenvalue weighted by atomic mass is 9.82. The second kappa shape index (κ2) is 13.7.